The van der Waals surface area contributed by atoms with E-state index in [2.05, 4.69) is 40.0 Å². The molecule has 2 unspecified atom stereocenters. The molecular formula is C25H35N5O3. The highest BCUT2D eigenvalue weighted by Crippen LogP contribution is 2.24. The Bertz CT molecular complexity index is 989. The molecule has 8 nitrogen and oxygen atoms in total. The molecule has 0 bridgehead atoms. The van der Waals surface area contributed by atoms with Crippen molar-refractivity contribution in [3.05, 3.63) is 46.5 Å². The van der Waals surface area contributed by atoms with Gasteiger partial charge in [-0.25, -0.2) is 0 Å². The second kappa shape index (κ2) is 10.0. The van der Waals surface area contributed by atoms with Crippen LogP contribution >= 0.6 is 0 Å². The Kier molecular flexibility index (Phi) is 7.12. The Morgan fingerprint density at radius 1 is 1.12 bits per heavy atom. The molecule has 1 saturated heterocycles. The number of benzene rings is 1. The van der Waals surface area contributed by atoms with Gasteiger partial charge in [0.1, 0.15) is 5.82 Å². The highest BCUT2D eigenvalue weighted by Gasteiger charge is 2.31. The normalized spacial score (nSPS) is 19.3. The molecule has 4 rings (SSSR count). The van der Waals surface area contributed by atoms with E-state index in [1.165, 1.54) is 0 Å². The minimum Gasteiger partial charge on any atom is -0.381 e. The first kappa shape index (κ1) is 23.4. The van der Waals surface area contributed by atoms with Crippen molar-refractivity contribution < 1.29 is 14.3 Å². The smallest absolute Gasteiger partial charge is 0.251 e. The molecule has 0 aliphatic carbocycles. The van der Waals surface area contributed by atoms with Gasteiger partial charge in [-0.1, -0.05) is 31.0 Å². The molecule has 8 heteroatoms. The van der Waals surface area contributed by atoms with E-state index in [1.807, 2.05) is 30.9 Å². The van der Waals surface area contributed by atoms with Crippen molar-refractivity contribution in [2.24, 2.45) is 11.8 Å². The average Bonchev–Trinajstić information content (AvgIpc) is 3.38. The molecule has 0 saturated carbocycles. The van der Waals surface area contributed by atoms with Gasteiger partial charge in [-0.05, 0) is 44.7 Å². The zero-order chi connectivity index (χ0) is 23.5. The van der Waals surface area contributed by atoms with Crippen LogP contribution in [0.1, 0.15) is 65.9 Å². The van der Waals surface area contributed by atoms with Crippen LogP contribution in [-0.4, -0.2) is 57.8 Å². The lowest BCUT2D eigenvalue weighted by atomic mass is 10.0. The number of aryl methyl sites for hydroxylation is 2. The number of carbonyl (C=O) groups is 2. The SMILES string of the molecule is Cc1cc(C)cc(C(=O)NC(CC(C)C)c2nnc3n2CCN(C(=O)C2CCOC2)CC3)c1. The molecule has 2 aromatic rings. The fourth-order valence-corrected chi connectivity index (χ4v) is 4.86. The molecule has 2 atom stereocenters. The number of amides is 2. The first-order valence-electron chi connectivity index (χ1n) is 12.0. The van der Waals surface area contributed by atoms with Gasteiger partial charge in [0.25, 0.3) is 5.91 Å². The van der Waals surface area contributed by atoms with Gasteiger partial charge in [0, 0.05) is 38.2 Å². The van der Waals surface area contributed by atoms with E-state index in [0.717, 1.165) is 35.6 Å². The summed E-state index contributed by atoms with van der Waals surface area (Å²) in [4.78, 5) is 28.0. The van der Waals surface area contributed by atoms with E-state index in [0.29, 0.717) is 50.8 Å². The van der Waals surface area contributed by atoms with Gasteiger partial charge in [0.05, 0.1) is 18.6 Å². The van der Waals surface area contributed by atoms with Crippen LogP contribution in [0.15, 0.2) is 18.2 Å². The molecule has 2 aliphatic rings. The summed E-state index contributed by atoms with van der Waals surface area (Å²) in [6.07, 6.45) is 2.22. The summed E-state index contributed by atoms with van der Waals surface area (Å²) in [5.41, 5.74) is 2.79. The lowest BCUT2D eigenvalue weighted by Crippen LogP contribution is -2.38. The van der Waals surface area contributed by atoms with Gasteiger partial charge in [-0.15, -0.1) is 10.2 Å². The Hall–Kier alpha value is -2.74. The minimum atomic E-state index is -0.245. The second-order valence-electron chi connectivity index (χ2n) is 9.79. The van der Waals surface area contributed by atoms with E-state index < -0.39 is 0 Å². The van der Waals surface area contributed by atoms with Crippen LogP contribution in [0.3, 0.4) is 0 Å². The van der Waals surface area contributed by atoms with Gasteiger partial charge in [0.15, 0.2) is 5.82 Å². The number of nitrogens with one attached hydrogen (secondary N) is 1. The second-order valence-corrected chi connectivity index (χ2v) is 9.79. The molecule has 2 amide bonds. The van der Waals surface area contributed by atoms with Crippen molar-refractivity contribution in [2.45, 2.75) is 59.5 Å². The number of ether oxygens (including phenoxy) is 1. The Morgan fingerprint density at radius 3 is 2.55 bits per heavy atom. The van der Waals surface area contributed by atoms with Gasteiger partial charge < -0.3 is 19.5 Å². The van der Waals surface area contributed by atoms with Crippen molar-refractivity contribution in [1.29, 1.82) is 0 Å². The number of nitrogens with zero attached hydrogens (tertiary/aromatic N) is 4. The molecule has 33 heavy (non-hydrogen) atoms. The summed E-state index contributed by atoms with van der Waals surface area (Å²) < 4.78 is 7.51. The third kappa shape index (κ3) is 5.43. The van der Waals surface area contributed by atoms with E-state index in [9.17, 15) is 9.59 Å². The third-order valence-electron chi connectivity index (χ3n) is 6.45. The van der Waals surface area contributed by atoms with Crippen LogP contribution in [0, 0.1) is 25.7 Å². The molecule has 178 valence electrons. The van der Waals surface area contributed by atoms with Crippen LogP contribution in [-0.2, 0) is 22.5 Å². The van der Waals surface area contributed by atoms with Gasteiger partial charge in [0.2, 0.25) is 5.91 Å². The summed E-state index contributed by atoms with van der Waals surface area (Å²) in [7, 11) is 0. The summed E-state index contributed by atoms with van der Waals surface area (Å²) in [6.45, 7) is 11.3. The number of carbonyl (C=O) groups excluding carboxylic acids is 2. The summed E-state index contributed by atoms with van der Waals surface area (Å²) in [5.74, 6) is 2.06. The van der Waals surface area contributed by atoms with Crippen molar-refractivity contribution in [3.8, 4) is 0 Å². The van der Waals surface area contributed by atoms with Crippen LogP contribution in [0.2, 0.25) is 0 Å². The average molecular weight is 454 g/mol. The quantitative estimate of drug-likeness (QED) is 0.727. The zero-order valence-electron chi connectivity index (χ0n) is 20.1. The summed E-state index contributed by atoms with van der Waals surface area (Å²) in [5, 5.41) is 12.2. The van der Waals surface area contributed by atoms with Crippen LogP contribution in [0.5, 0.6) is 0 Å². The number of hydrogen-bond acceptors (Lipinski definition) is 5. The Morgan fingerprint density at radius 2 is 1.88 bits per heavy atom. The monoisotopic (exact) mass is 453 g/mol. The highest BCUT2D eigenvalue weighted by atomic mass is 16.5. The van der Waals surface area contributed by atoms with E-state index in [-0.39, 0.29) is 23.8 Å². The molecule has 2 aliphatic heterocycles. The molecule has 0 radical (unpaired) electrons. The molecular weight excluding hydrogens is 418 g/mol. The van der Waals surface area contributed by atoms with Crippen molar-refractivity contribution in [1.82, 2.24) is 25.0 Å². The molecule has 0 spiro atoms. The maximum Gasteiger partial charge on any atom is 0.251 e. The predicted molar refractivity (Wildman–Crippen MR) is 125 cm³/mol. The fourth-order valence-electron chi connectivity index (χ4n) is 4.86. The summed E-state index contributed by atoms with van der Waals surface area (Å²) in [6, 6.07) is 5.64. The maximum atomic E-state index is 13.1. The third-order valence-corrected chi connectivity index (χ3v) is 6.45. The van der Waals surface area contributed by atoms with Gasteiger partial charge >= 0.3 is 0 Å². The van der Waals surface area contributed by atoms with Crippen LogP contribution in [0.25, 0.3) is 0 Å². The molecule has 1 aromatic carbocycles. The molecule has 1 N–H and O–H groups in total. The standard InChI is InChI=1S/C25H35N5O3/c1-16(2)11-21(26-24(31)20-13-17(3)12-18(4)14-20)23-28-27-22-5-7-29(8-9-30(22)23)25(32)19-6-10-33-15-19/h12-14,16,19,21H,5-11,15H2,1-4H3,(H,26,31). The number of aromatic nitrogens is 3. The molecule has 1 aromatic heterocycles. The topological polar surface area (TPSA) is 89.4 Å². The Balaban J connectivity index is 1.52. The van der Waals surface area contributed by atoms with Crippen LogP contribution < -0.4 is 5.32 Å². The summed E-state index contributed by atoms with van der Waals surface area (Å²) >= 11 is 0. The minimum absolute atomic E-state index is 0.0289. The number of rotatable bonds is 6. The fraction of sp³-hybridized carbons (Fsp3) is 0.600. The first-order chi connectivity index (χ1) is 15.8. The maximum absolute atomic E-state index is 13.1. The van der Waals surface area contributed by atoms with Crippen LogP contribution in [0.4, 0.5) is 0 Å². The highest BCUT2D eigenvalue weighted by molar-refractivity contribution is 5.94. The number of fused-ring (bicyclic) bond motifs is 1. The lowest BCUT2D eigenvalue weighted by molar-refractivity contribution is -0.135. The van der Waals surface area contributed by atoms with Crippen molar-refractivity contribution >= 4 is 11.8 Å². The first-order valence-corrected chi connectivity index (χ1v) is 12.0. The van der Waals surface area contributed by atoms with E-state index >= 15 is 0 Å². The lowest BCUT2D eigenvalue weighted by Gasteiger charge is -2.24. The number of hydrogen-bond donors (Lipinski definition) is 1. The Labute approximate surface area is 195 Å². The predicted octanol–water partition coefficient (Wildman–Crippen LogP) is 2.83. The van der Waals surface area contributed by atoms with E-state index in [1.54, 1.807) is 0 Å². The van der Waals surface area contributed by atoms with Gasteiger partial charge in [-0.3, -0.25) is 9.59 Å². The zero-order valence-corrected chi connectivity index (χ0v) is 20.1. The molecule has 3 heterocycles. The van der Waals surface area contributed by atoms with Crippen molar-refractivity contribution in [3.63, 3.8) is 0 Å². The molecule has 1 fully saturated rings. The largest absolute Gasteiger partial charge is 0.381 e. The van der Waals surface area contributed by atoms with Gasteiger partial charge in [-0.2, -0.15) is 0 Å². The van der Waals surface area contributed by atoms with E-state index in [4.69, 9.17) is 4.74 Å². The van der Waals surface area contributed by atoms with Crippen molar-refractivity contribution in [2.75, 3.05) is 26.3 Å².